The zero-order valence-corrected chi connectivity index (χ0v) is 10.5. The van der Waals surface area contributed by atoms with E-state index in [2.05, 4.69) is 10.6 Å². The molecule has 0 aromatic carbocycles. The van der Waals surface area contributed by atoms with Gasteiger partial charge in [-0.05, 0) is 39.2 Å². The normalized spacial score (nSPS) is 13.8. The molecule has 0 saturated heterocycles. The maximum atomic E-state index is 11.4. The molecule has 2 unspecified atom stereocenters. The first-order chi connectivity index (χ1) is 8.01. The summed E-state index contributed by atoms with van der Waals surface area (Å²) in [5, 5.41) is 14.1. The molecule has 0 aliphatic heterocycles. The average molecular weight is 245 g/mol. The van der Waals surface area contributed by atoms with Gasteiger partial charge < -0.3 is 21.5 Å². The van der Waals surface area contributed by atoms with Crippen LogP contribution in [0, 0.1) is 0 Å². The van der Waals surface area contributed by atoms with Gasteiger partial charge >= 0.3 is 12.0 Å². The minimum atomic E-state index is -1.01. The van der Waals surface area contributed by atoms with Crippen molar-refractivity contribution in [2.45, 2.75) is 51.6 Å². The summed E-state index contributed by atoms with van der Waals surface area (Å²) in [6, 6.07) is -1.24. The molecule has 0 heterocycles. The van der Waals surface area contributed by atoms with Crippen molar-refractivity contribution < 1.29 is 14.7 Å². The number of carboxylic acids is 1. The lowest BCUT2D eigenvalue weighted by atomic mass is 10.1. The number of amides is 2. The molecule has 0 radical (unpaired) electrons. The van der Waals surface area contributed by atoms with Crippen molar-refractivity contribution in [3.05, 3.63) is 0 Å². The molecule has 5 N–H and O–H groups in total. The van der Waals surface area contributed by atoms with Crippen molar-refractivity contribution in [3.63, 3.8) is 0 Å². The number of hydrogen-bond donors (Lipinski definition) is 4. The highest BCUT2D eigenvalue weighted by molar-refractivity contribution is 5.82. The van der Waals surface area contributed by atoms with Crippen molar-refractivity contribution in [3.8, 4) is 0 Å². The summed E-state index contributed by atoms with van der Waals surface area (Å²) in [6.07, 6.45) is 2.66. The number of urea groups is 1. The maximum Gasteiger partial charge on any atom is 0.326 e. The molecule has 0 aromatic heterocycles. The van der Waals surface area contributed by atoms with Crippen LogP contribution in [0.4, 0.5) is 4.79 Å². The van der Waals surface area contributed by atoms with Gasteiger partial charge in [-0.15, -0.1) is 0 Å². The highest BCUT2D eigenvalue weighted by Crippen LogP contribution is 2.01. The van der Waals surface area contributed by atoms with Gasteiger partial charge in [-0.1, -0.05) is 6.92 Å². The first-order valence-electron chi connectivity index (χ1n) is 6.01. The Hall–Kier alpha value is -1.30. The van der Waals surface area contributed by atoms with Crippen LogP contribution in [-0.2, 0) is 4.79 Å². The van der Waals surface area contributed by atoms with Crippen LogP contribution in [0.15, 0.2) is 0 Å². The molecule has 0 fully saturated rings. The smallest absolute Gasteiger partial charge is 0.326 e. The molecular weight excluding hydrogens is 222 g/mol. The van der Waals surface area contributed by atoms with Gasteiger partial charge in [0, 0.05) is 6.04 Å². The molecule has 0 rings (SSSR count). The minimum absolute atomic E-state index is 0.0356. The van der Waals surface area contributed by atoms with E-state index in [-0.39, 0.29) is 6.04 Å². The monoisotopic (exact) mass is 245 g/mol. The van der Waals surface area contributed by atoms with Crippen molar-refractivity contribution in [1.82, 2.24) is 10.6 Å². The van der Waals surface area contributed by atoms with Crippen molar-refractivity contribution in [2.24, 2.45) is 5.73 Å². The molecule has 17 heavy (non-hydrogen) atoms. The average Bonchev–Trinajstić information content (AvgIpc) is 2.27. The highest BCUT2D eigenvalue weighted by atomic mass is 16.4. The third-order valence-corrected chi connectivity index (χ3v) is 2.54. The fourth-order valence-electron chi connectivity index (χ4n) is 1.28. The van der Waals surface area contributed by atoms with Gasteiger partial charge in [0.2, 0.25) is 0 Å². The van der Waals surface area contributed by atoms with Crippen molar-refractivity contribution >= 4 is 12.0 Å². The number of aliphatic carboxylic acids is 1. The number of carbonyl (C=O) groups excluding carboxylic acids is 1. The van der Waals surface area contributed by atoms with E-state index < -0.39 is 18.0 Å². The van der Waals surface area contributed by atoms with Crippen molar-refractivity contribution in [1.29, 1.82) is 0 Å². The summed E-state index contributed by atoms with van der Waals surface area (Å²) in [5.41, 5.74) is 5.33. The fraction of sp³-hybridized carbons (Fsp3) is 0.818. The molecule has 0 aromatic rings. The Balaban J connectivity index is 4.06. The van der Waals surface area contributed by atoms with E-state index in [9.17, 15) is 9.59 Å². The lowest BCUT2D eigenvalue weighted by Gasteiger charge is -2.17. The van der Waals surface area contributed by atoms with Gasteiger partial charge in [0.15, 0.2) is 0 Å². The predicted octanol–water partition coefficient (Wildman–Crippen LogP) is 0.666. The molecule has 6 heteroatoms. The maximum absolute atomic E-state index is 11.4. The SMILES string of the molecule is CCC(C)NC(=O)NC(CCCCN)C(=O)O. The molecule has 2 amide bonds. The number of rotatable bonds is 8. The van der Waals surface area contributed by atoms with Gasteiger partial charge in [0.1, 0.15) is 6.04 Å². The van der Waals surface area contributed by atoms with Crippen LogP contribution in [0.25, 0.3) is 0 Å². The van der Waals surface area contributed by atoms with Crippen LogP contribution < -0.4 is 16.4 Å². The second-order valence-corrected chi connectivity index (χ2v) is 4.10. The standard InChI is InChI=1S/C11H23N3O3/c1-3-8(2)13-11(17)14-9(10(15)16)6-4-5-7-12/h8-9H,3-7,12H2,1-2H3,(H,15,16)(H2,13,14,17). The summed E-state index contributed by atoms with van der Waals surface area (Å²) < 4.78 is 0. The van der Waals surface area contributed by atoms with E-state index in [1.54, 1.807) is 0 Å². The molecule has 0 bridgehead atoms. The predicted molar refractivity (Wildman–Crippen MR) is 65.7 cm³/mol. The van der Waals surface area contributed by atoms with Gasteiger partial charge in [0.05, 0.1) is 0 Å². The topological polar surface area (TPSA) is 104 Å². The Morgan fingerprint density at radius 1 is 1.29 bits per heavy atom. The van der Waals surface area contributed by atoms with E-state index >= 15 is 0 Å². The summed E-state index contributed by atoms with van der Waals surface area (Å²) in [5.74, 6) is -1.01. The number of nitrogens with one attached hydrogen (secondary N) is 2. The lowest BCUT2D eigenvalue weighted by molar-refractivity contribution is -0.139. The van der Waals surface area contributed by atoms with E-state index in [0.717, 1.165) is 12.8 Å². The van der Waals surface area contributed by atoms with Crippen LogP contribution in [0.1, 0.15) is 39.5 Å². The number of hydrogen-bond acceptors (Lipinski definition) is 3. The first-order valence-corrected chi connectivity index (χ1v) is 6.01. The van der Waals surface area contributed by atoms with E-state index in [4.69, 9.17) is 10.8 Å². The van der Waals surface area contributed by atoms with Gasteiger partial charge in [-0.2, -0.15) is 0 Å². The van der Waals surface area contributed by atoms with Gasteiger partial charge in [-0.3, -0.25) is 0 Å². The Bertz CT molecular complexity index is 246. The lowest BCUT2D eigenvalue weighted by Crippen LogP contribution is -2.48. The van der Waals surface area contributed by atoms with Crippen LogP contribution in [0.5, 0.6) is 0 Å². The minimum Gasteiger partial charge on any atom is -0.480 e. The Morgan fingerprint density at radius 2 is 1.94 bits per heavy atom. The zero-order chi connectivity index (χ0) is 13.3. The molecular formula is C11H23N3O3. The van der Waals surface area contributed by atoms with Gasteiger partial charge in [0.25, 0.3) is 0 Å². The fourth-order valence-corrected chi connectivity index (χ4v) is 1.28. The largest absolute Gasteiger partial charge is 0.480 e. The third kappa shape index (κ3) is 7.57. The molecule has 0 spiro atoms. The van der Waals surface area contributed by atoms with Gasteiger partial charge in [-0.25, -0.2) is 9.59 Å². The molecule has 6 nitrogen and oxygen atoms in total. The summed E-state index contributed by atoms with van der Waals surface area (Å²) in [6.45, 7) is 4.34. The summed E-state index contributed by atoms with van der Waals surface area (Å²) in [4.78, 5) is 22.4. The quantitative estimate of drug-likeness (QED) is 0.472. The summed E-state index contributed by atoms with van der Waals surface area (Å²) >= 11 is 0. The second-order valence-electron chi connectivity index (χ2n) is 4.10. The van der Waals surface area contributed by atoms with Crippen LogP contribution in [0.3, 0.4) is 0 Å². The van der Waals surface area contributed by atoms with E-state index in [1.165, 1.54) is 0 Å². The highest BCUT2D eigenvalue weighted by Gasteiger charge is 2.19. The van der Waals surface area contributed by atoms with Crippen LogP contribution >= 0.6 is 0 Å². The molecule has 2 atom stereocenters. The zero-order valence-electron chi connectivity index (χ0n) is 10.5. The number of nitrogens with two attached hydrogens (primary N) is 1. The molecule has 0 aliphatic rings. The molecule has 100 valence electrons. The third-order valence-electron chi connectivity index (χ3n) is 2.54. The number of carboxylic acid groups (broad SMARTS) is 1. The van der Waals surface area contributed by atoms with E-state index in [0.29, 0.717) is 19.4 Å². The van der Waals surface area contributed by atoms with Crippen LogP contribution in [0.2, 0.25) is 0 Å². The molecule has 0 saturated carbocycles. The Labute approximate surface area is 102 Å². The van der Waals surface area contributed by atoms with Crippen molar-refractivity contribution in [2.75, 3.05) is 6.54 Å². The van der Waals surface area contributed by atoms with Crippen LogP contribution in [-0.4, -0.2) is 35.7 Å². The Kier molecular flexibility index (Phi) is 8.13. The molecule has 0 aliphatic carbocycles. The number of carbonyl (C=O) groups is 2. The van der Waals surface area contributed by atoms with E-state index in [1.807, 2.05) is 13.8 Å². The summed E-state index contributed by atoms with van der Waals surface area (Å²) in [7, 11) is 0. The first kappa shape index (κ1) is 15.7. The second kappa shape index (κ2) is 8.81. The number of unbranched alkanes of at least 4 members (excludes halogenated alkanes) is 1. The Morgan fingerprint density at radius 3 is 2.41 bits per heavy atom.